The largest absolute Gasteiger partial charge is 0.410 e. The second kappa shape index (κ2) is 17.9. The topological polar surface area (TPSA) is 27.7 Å². The normalized spacial score (nSPS) is 17.8. The minimum atomic E-state index is -1.78. The second-order valence-electron chi connectivity index (χ2n) is 10.2. The first-order valence-electron chi connectivity index (χ1n) is 13.1. The molecule has 1 aliphatic rings. The van der Waals surface area contributed by atoms with Crippen molar-refractivity contribution in [3.8, 4) is 0 Å². The van der Waals surface area contributed by atoms with Crippen LogP contribution in [0.25, 0.3) is 0 Å². The summed E-state index contributed by atoms with van der Waals surface area (Å²) in [5.41, 5.74) is 0. The first-order chi connectivity index (χ1) is 16.3. The SMILES string of the molecule is CC/C=C\CC(/C=C/C=C\C/C=C\C/C=C\C/C=C\CCC1OCCO1)O[Si](C)(C)C(C)(C)C. The number of ether oxygens (including phenoxy) is 2. The summed E-state index contributed by atoms with van der Waals surface area (Å²) in [6, 6.07) is 0. The van der Waals surface area contributed by atoms with E-state index < -0.39 is 8.32 Å². The molecule has 0 N–H and O–H groups in total. The third-order valence-corrected chi connectivity index (χ3v) is 10.7. The molecule has 0 bridgehead atoms. The fraction of sp³-hybridized carbons (Fsp3) is 0.600. The Bertz CT molecular complexity index is 686. The summed E-state index contributed by atoms with van der Waals surface area (Å²) < 4.78 is 17.5. The van der Waals surface area contributed by atoms with E-state index in [1.807, 2.05) is 0 Å². The van der Waals surface area contributed by atoms with Crippen LogP contribution < -0.4 is 0 Å². The van der Waals surface area contributed by atoms with Crippen LogP contribution >= 0.6 is 0 Å². The van der Waals surface area contributed by atoms with Gasteiger partial charge in [-0.2, -0.15) is 0 Å². The molecule has 1 atom stereocenters. The Kier molecular flexibility index (Phi) is 16.1. The van der Waals surface area contributed by atoms with Gasteiger partial charge >= 0.3 is 0 Å². The molecule has 0 aromatic carbocycles. The van der Waals surface area contributed by atoms with Crippen molar-refractivity contribution in [1.29, 1.82) is 0 Å². The maximum absolute atomic E-state index is 6.62. The Hall–Kier alpha value is -1.46. The predicted molar refractivity (Wildman–Crippen MR) is 151 cm³/mol. The highest BCUT2D eigenvalue weighted by atomic mass is 28.4. The van der Waals surface area contributed by atoms with E-state index in [1.54, 1.807) is 0 Å². The van der Waals surface area contributed by atoms with E-state index in [4.69, 9.17) is 13.9 Å². The molecule has 1 fully saturated rings. The van der Waals surface area contributed by atoms with Crippen LogP contribution in [0.3, 0.4) is 0 Å². The molecule has 1 aliphatic heterocycles. The van der Waals surface area contributed by atoms with Crippen molar-refractivity contribution in [2.24, 2.45) is 0 Å². The average molecular weight is 487 g/mol. The zero-order chi connectivity index (χ0) is 25.1. The summed E-state index contributed by atoms with van der Waals surface area (Å²) in [6.45, 7) is 15.2. The van der Waals surface area contributed by atoms with Gasteiger partial charge in [0.05, 0.1) is 19.3 Å². The lowest BCUT2D eigenvalue weighted by atomic mass is 10.2. The molecule has 0 saturated carbocycles. The van der Waals surface area contributed by atoms with Crippen LogP contribution in [0.4, 0.5) is 0 Å². The number of allylic oxidation sites excluding steroid dienone is 10. The molecule has 0 aromatic heterocycles. The van der Waals surface area contributed by atoms with Crippen LogP contribution in [0, 0.1) is 0 Å². The van der Waals surface area contributed by atoms with Gasteiger partial charge in [0.25, 0.3) is 0 Å². The summed E-state index contributed by atoms with van der Waals surface area (Å²) in [6.07, 6.45) is 33.5. The number of rotatable bonds is 16. The van der Waals surface area contributed by atoms with Crippen LogP contribution in [0.1, 0.15) is 72.6 Å². The van der Waals surface area contributed by atoms with Crippen LogP contribution in [-0.4, -0.2) is 33.9 Å². The summed E-state index contributed by atoms with van der Waals surface area (Å²) in [5.74, 6) is 0. The lowest BCUT2D eigenvalue weighted by molar-refractivity contribution is -0.0457. The molecular formula is C30H50O3Si. The van der Waals surface area contributed by atoms with Gasteiger partial charge in [0.2, 0.25) is 0 Å². The molecule has 0 spiro atoms. The Morgan fingerprint density at radius 2 is 1.41 bits per heavy atom. The maximum atomic E-state index is 6.62. The fourth-order valence-corrected chi connectivity index (χ4v) is 4.39. The van der Waals surface area contributed by atoms with Gasteiger partial charge in [-0.05, 0) is 56.7 Å². The van der Waals surface area contributed by atoms with Crippen molar-refractivity contribution >= 4 is 8.32 Å². The van der Waals surface area contributed by atoms with Gasteiger partial charge in [0, 0.05) is 6.42 Å². The molecular weight excluding hydrogens is 436 g/mol. The average Bonchev–Trinajstić information content (AvgIpc) is 3.29. The molecule has 192 valence electrons. The van der Waals surface area contributed by atoms with Crippen LogP contribution in [0.15, 0.2) is 72.9 Å². The van der Waals surface area contributed by atoms with Gasteiger partial charge in [-0.1, -0.05) is 101 Å². The minimum Gasteiger partial charge on any atom is -0.410 e. The zero-order valence-corrected chi connectivity index (χ0v) is 23.7. The quantitative estimate of drug-likeness (QED) is 0.124. The molecule has 1 heterocycles. The van der Waals surface area contributed by atoms with Gasteiger partial charge in [-0.3, -0.25) is 0 Å². The zero-order valence-electron chi connectivity index (χ0n) is 22.7. The molecule has 0 amide bonds. The minimum absolute atomic E-state index is 0.00913. The van der Waals surface area contributed by atoms with Crippen molar-refractivity contribution in [2.75, 3.05) is 13.2 Å². The van der Waals surface area contributed by atoms with Crippen molar-refractivity contribution in [2.45, 2.75) is 103 Å². The van der Waals surface area contributed by atoms with Crippen LogP contribution in [0.5, 0.6) is 0 Å². The summed E-state index contributed by atoms with van der Waals surface area (Å²) in [4.78, 5) is 0. The molecule has 34 heavy (non-hydrogen) atoms. The predicted octanol–water partition coefficient (Wildman–Crippen LogP) is 8.84. The van der Waals surface area contributed by atoms with Crippen molar-refractivity contribution in [3.63, 3.8) is 0 Å². The molecule has 0 aliphatic carbocycles. The lowest BCUT2D eigenvalue weighted by Crippen LogP contribution is -2.43. The first kappa shape index (κ1) is 30.6. The van der Waals surface area contributed by atoms with Gasteiger partial charge in [-0.15, -0.1) is 0 Å². The maximum Gasteiger partial charge on any atom is 0.192 e. The highest BCUT2D eigenvalue weighted by Gasteiger charge is 2.38. The van der Waals surface area contributed by atoms with Crippen LogP contribution in [-0.2, 0) is 13.9 Å². The van der Waals surface area contributed by atoms with E-state index in [1.165, 1.54) is 0 Å². The summed E-state index contributed by atoms with van der Waals surface area (Å²) >= 11 is 0. The van der Waals surface area contributed by atoms with E-state index >= 15 is 0 Å². The van der Waals surface area contributed by atoms with E-state index in [0.29, 0.717) is 0 Å². The third kappa shape index (κ3) is 14.7. The smallest absolute Gasteiger partial charge is 0.192 e. The monoisotopic (exact) mass is 486 g/mol. The fourth-order valence-electron chi connectivity index (χ4n) is 3.10. The van der Waals surface area contributed by atoms with Crippen LogP contribution in [0.2, 0.25) is 18.1 Å². The summed E-state index contributed by atoms with van der Waals surface area (Å²) in [5, 5.41) is 0.221. The van der Waals surface area contributed by atoms with Gasteiger partial charge in [0.1, 0.15) is 0 Å². The van der Waals surface area contributed by atoms with Gasteiger partial charge in [0.15, 0.2) is 14.6 Å². The van der Waals surface area contributed by atoms with Crippen molar-refractivity contribution in [1.82, 2.24) is 0 Å². The van der Waals surface area contributed by atoms with Crippen molar-refractivity contribution < 1.29 is 13.9 Å². The Labute approximate surface area is 211 Å². The highest BCUT2D eigenvalue weighted by molar-refractivity contribution is 6.74. The molecule has 1 rings (SSSR count). The van der Waals surface area contributed by atoms with Crippen molar-refractivity contribution in [3.05, 3.63) is 72.9 Å². The molecule has 1 unspecified atom stereocenters. The van der Waals surface area contributed by atoms with E-state index in [9.17, 15) is 0 Å². The molecule has 3 nitrogen and oxygen atoms in total. The first-order valence-corrected chi connectivity index (χ1v) is 16.0. The van der Waals surface area contributed by atoms with Gasteiger partial charge < -0.3 is 13.9 Å². The Balaban J connectivity index is 2.26. The van der Waals surface area contributed by atoms with Gasteiger partial charge in [-0.25, -0.2) is 0 Å². The number of hydrogen-bond donors (Lipinski definition) is 0. The Morgan fingerprint density at radius 1 is 0.824 bits per heavy atom. The molecule has 0 radical (unpaired) electrons. The highest BCUT2D eigenvalue weighted by Crippen LogP contribution is 2.37. The lowest BCUT2D eigenvalue weighted by Gasteiger charge is -2.38. The second-order valence-corrected chi connectivity index (χ2v) is 15.0. The van der Waals surface area contributed by atoms with E-state index in [2.05, 4.69) is 114 Å². The number of hydrogen-bond acceptors (Lipinski definition) is 3. The molecule has 4 heteroatoms. The molecule has 1 saturated heterocycles. The molecule has 0 aromatic rings. The summed E-state index contributed by atoms with van der Waals surface area (Å²) in [7, 11) is -1.78. The van der Waals surface area contributed by atoms with E-state index in [0.717, 1.165) is 58.2 Å². The Morgan fingerprint density at radius 3 is 2.00 bits per heavy atom. The van der Waals surface area contributed by atoms with E-state index in [-0.39, 0.29) is 17.4 Å². The standard InChI is InChI=1S/C30H50O3Si/c1-7-8-20-23-28(33-34(5,6)30(2,3)4)24-21-18-16-14-12-10-9-11-13-15-17-19-22-25-29-31-26-27-32-29/h8,10-13,16-21,24,28-29H,7,9,14-15,22-23,25-27H2,1-6H3/b12-10-,13-11-,18-16-,19-17-,20-8-,24-21+. The third-order valence-electron chi connectivity index (χ3n) is 6.17.